The Labute approximate surface area is 172 Å². The molecular formula is C23H19N5O2. The number of carbonyl (C=O) groups excluding carboxylic acids is 1. The molecule has 3 heterocycles. The number of allylic oxidation sites excluding steroid dienone is 2. The van der Waals surface area contributed by atoms with Gasteiger partial charge in [-0.05, 0) is 43.7 Å². The molecule has 2 aromatic heterocycles. The molecule has 5 rings (SSSR count). The average Bonchev–Trinajstić information content (AvgIpc) is 3.18. The van der Waals surface area contributed by atoms with Crippen molar-refractivity contribution < 1.29 is 9.53 Å². The standard InChI is InChI=1S/C23H19N5O2/c1-13(29)18-14(2)30-23-20(19(18)15-6-4-3-5-7-15)22-26-21(27-28(22)12-25-23)16-8-10-17(24)11-9-16/h3-12,19H,24H2,1-2H3. The minimum absolute atomic E-state index is 0.0488. The second-order valence-electron chi connectivity index (χ2n) is 7.26. The number of anilines is 1. The molecule has 0 amide bonds. The normalized spacial score (nSPS) is 15.7. The second-order valence-corrected chi connectivity index (χ2v) is 7.26. The van der Waals surface area contributed by atoms with Gasteiger partial charge in [0.05, 0.1) is 5.56 Å². The number of nitrogens with zero attached hydrogens (tertiary/aromatic N) is 4. The number of benzene rings is 2. The quantitative estimate of drug-likeness (QED) is 0.529. The molecule has 1 atom stereocenters. The Bertz CT molecular complexity index is 1310. The van der Waals surface area contributed by atoms with Gasteiger partial charge < -0.3 is 10.5 Å². The number of fused-ring (bicyclic) bond motifs is 3. The first-order valence-corrected chi connectivity index (χ1v) is 9.58. The lowest BCUT2D eigenvalue weighted by molar-refractivity contribution is -0.114. The molecule has 1 aliphatic heterocycles. The van der Waals surface area contributed by atoms with Gasteiger partial charge in [0.15, 0.2) is 17.3 Å². The lowest BCUT2D eigenvalue weighted by atomic mass is 9.82. The van der Waals surface area contributed by atoms with Crippen LogP contribution in [0, 0.1) is 0 Å². The number of nitrogen functional groups attached to an aromatic ring is 1. The Morgan fingerprint density at radius 1 is 1.10 bits per heavy atom. The second kappa shape index (κ2) is 6.81. The Morgan fingerprint density at radius 2 is 1.83 bits per heavy atom. The molecule has 1 unspecified atom stereocenters. The number of hydrogen-bond donors (Lipinski definition) is 1. The molecule has 4 aromatic rings. The summed E-state index contributed by atoms with van der Waals surface area (Å²) in [7, 11) is 0. The number of Topliss-reactive ketones (excluding diaryl/α,β-unsaturated/α-hetero) is 1. The number of aromatic nitrogens is 4. The molecule has 148 valence electrons. The van der Waals surface area contributed by atoms with E-state index in [0.717, 1.165) is 16.7 Å². The minimum atomic E-state index is -0.341. The Balaban J connectivity index is 1.77. The highest BCUT2D eigenvalue weighted by Gasteiger charge is 2.35. The van der Waals surface area contributed by atoms with Crippen molar-refractivity contribution in [2.75, 3.05) is 5.73 Å². The van der Waals surface area contributed by atoms with Crippen LogP contribution in [0.3, 0.4) is 0 Å². The summed E-state index contributed by atoms with van der Waals surface area (Å²) in [5.41, 5.74) is 10.2. The highest BCUT2D eigenvalue weighted by Crippen LogP contribution is 2.44. The molecule has 0 aliphatic carbocycles. The number of nitrogens with two attached hydrogens (primary N) is 1. The van der Waals surface area contributed by atoms with Crippen molar-refractivity contribution in [3.63, 3.8) is 0 Å². The molecule has 0 fully saturated rings. The Kier molecular flexibility index (Phi) is 4.10. The van der Waals surface area contributed by atoms with Crippen molar-refractivity contribution >= 4 is 17.1 Å². The molecule has 2 aromatic carbocycles. The Hall–Kier alpha value is -4.00. The average molecular weight is 397 g/mol. The van der Waals surface area contributed by atoms with Crippen LogP contribution < -0.4 is 10.5 Å². The molecule has 0 saturated heterocycles. The van der Waals surface area contributed by atoms with Gasteiger partial charge in [0, 0.05) is 22.7 Å². The summed E-state index contributed by atoms with van der Waals surface area (Å²) in [5.74, 6) is 1.15. The summed E-state index contributed by atoms with van der Waals surface area (Å²) in [6.45, 7) is 3.35. The van der Waals surface area contributed by atoms with E-state index in [4.69, 9.17) is 15.5 Å². The van der Waals surface area contributed by atoms with Crippen molar-refractivity contribution in [1.29, 1.82) is 0 Å². The van der Waals surface area contributed by atoms with Gasteiger partial charge in [0.25, 0.3) is 0 Å². The van der Waals surface area contributed by atoms with Crippen molar-refractivity contribution in [3.8, 4) is 17.3 Å². The molecule has 0 spiro atoms. The van der Waals surface area contributed by atoms with Crippen LogP contribution in [0.4, 0.5) is 5.69 Å². The van der Waals surface area contributed by atoms with E-state index in [0.29, 0.717) is 34.4 Å². The zero-order chi connectivity index (χ0) is 20.8. The summed E-state index contributed by atoms with van der Waals surface area (Å²) < 4.78 is 7.57. The first kappa shape index (κ1) is 18.1. The highest BCUT2D eigenvalue weighted by atomic mass is 16.5. The smallest absolute Gasteiger partial charge is 0.228 e. The topological polar surface area (TPSA) is 95.4 Å². The van der Waals surface area contributed by atoms with Gasteiger partial charge in [0.2, 0.25) is 5.88 Å². The van der Waals surface area contributed by atoms with Crippen molar-refractivity contribution in [2.45, 2.75) is 19.8 Å². The lowest BCUT2D eigenvalue weighted by Crippen LogP contribution is -2.22. The molecule has 2 N–H and O–H groups in total. The third-order valence-electron chi connectivity index (χ3n) is 5.27. The van der Waals surface area contributed by atoms with Crippen LogP contribution in [0.5, 0.6) is 5.88 Å². The van der Waals surface area contributed by atoms with Gasteiger partial charge in [-0.1, -0.05) is 30.3 Å². The van der Waals surface area contributed by atoms with Crippen LogP contribution >= 0.6 is 0 Å². The first-order chi connectivity index (χ1) is 14.5. The van der Waals surface area contributed by atoms with E-state index in [2.05, 4.69) is 10.1 Å². The summed E-state index contributed by atoms with van der Waals surface area (Å²) in [6, 6.07) is 17.2. The summed E-state index contributed by atoms with van der Waals surface area (Å²) >= 11 is 0. The molecule has 0 radical (unpaired) electrons. The SMILES string of the molecule is CC(=O)C1=C(C)Oc2ncn3nc(-c4ccc(N)cc4)nc3c2C1c1ccccc1. The number of carbonyl (C=O) groups is 1. The van der Waals surface area contributed by atoms with Gasteiger partial charge in [0.1, 0.15) is 12.1 Å². The van der Waals surface area contributed by atoms with Crippen LogP contribution in [0.2, 0.25) is 0 Å². The number of hydrogen-bond acceptors (Lipinski definition) is 6. The third-order valence-corrected chi connectivity index (χ3v) is 5.27. The van der Waals surface area contributed by atoms with Gasteiger partial charge >= 0.3 is 0 Å². The first-order valence-electron chi connectivity index (χ1n) is 9.58. The monoisotopic (exact) mass is 397 g/mol. The van der Waals surface area contributed by atoms with E-state index in [1.165, 1.54) is 0 Å². The molecule has 30 heavy (non-hydrogen) atoms. The maximum Gasteiger partial charge on any atom is 0.228 e. The zero-order valence-electron chi connectivity index (χ0n) is 16.5. The van der Waals surface area contributed by atoms with E-state index in [1.54, 1.807) is 24.7 Å². The van der Waals surface area contributed by atoms with Crippen molar-refractivity contribution in [3.05, 3.63) is 83.4 Å². The largest absolute Gasteiger partial charge is 0.443 e. The molecular weight excluding hydrogens is 378 g/mol. The van der Waals surface area contributed by atoms with Crippen LogP contribution in [0.25, 0.3) is 17.0 Å². The maximum absolute atomic E-state index is 12.6. The molecule has 0 saturated carbocycles. The molecule has 7 heteroatoms. The van der Waals surface area contributed by atoms with Gasteiger partial charge in [-0.15, -0.1) is 5.10 Å². The predicted molar refractivity (Wildman–Crippen MR) is 113 cm³/mol. The minimum Gasteiger partial charge on any atom is -0.443 e. The fourth-order valence-corrected chi connectivity index (χ4v) is 3.93. The van der Waals surface area contributed by atoms with Crippen molar-refractivity contribution in [2.24, 2.45) is 0 Å². The number of rotatable bonds is 3. The van der Waals surface area contributed by atoms with E-state index in [1.807, 2.05) is 54.6 Å². The van der Waals surface area contributed by atoms with Crippen LogP contribution in [-0.2, 0) is 4.79 Å². The zero-order valence-corrected chi connectivity index (χ0v) is 16.5. The molecule has 1 aliphatic rings. The van der Waals surface area contributed by atoms with E-state index >= 15 is 0 Å². The Morgan fingerprint density at radius 3 is 2.53 bits per heavy atom. The molecule has 7 nitrogen and oxygen atoms in total. The summed E-state index contributed by atoms with van der Waals surface area (Å²) in [5, 5.41) is 4.58. The van der Waals surface area contributed by atoms with E-state index in [-0.39, 0.29) is 11.7 Å². The fraction of sp³-hybridized carbons (Fsp3) is 0.130. The number of ether oxygens (including phenoxy) is 1. The predicted octanol–water partition coefficient (Wildman–Crippen LogP) is 3.76. The maximum atomic E-state index is 12.6. The molecule has 0 bridgehead atoms. The summed E-state index contributed by atoms with van der Waals surface area (Å²) in [6.07, 6.45) is 1.58. The summed E-state index contributed by atoms with van der Waals surface area (Å²) in [4.78, 5) is 21.8. The van der Waals surface area contributed by atoms with Crippen LogP contribution in [-0.4, -0.2) is 25.4 Å². The highest BCUT2D eigenvalue weighted by molar-refractivity contribution is 5.97. The fourth-order valence-electron chi connectivity index (χ4n) is 3.93. The lowest BCUT2D eigenvalue weighted by Gasteiger charge is -2.28. The van der Waals surface area contributed by atoms with Gasteiger partial charge in [-0.3, -0.25) is 4.79 Å². The van der Waals surface area contributed by atoms with E-state index < -0.39 is 0 Å². The van der Waals surface area contributed by atoms with Crippen LogP contribution in [0.1, 0.15) is 30.9 Å². The van der Waals surface area contributed by atoms with Crippen LogP contribution in [0.15, 0.2) is 72.3 Å². The third kappa shape index (κ3) is 2.83. The van der Waals surface area contributed by atoms with Gasteiger partial charge in [-0.2, -0.15) is 0 Å². The number of ketones is 1. The van der Waals surface area contributed by atoms with E-state index in [9.17, 15) is 4.79 Å². The van der Waals surface area contributed by atoms with Crippen molar-refractivity contribution in [1.82, 2.24) is 19.6 Å². The van der Waals surface area contributed by atoms with Gasteiger partial charge in [-0.25, -0.2) is 14.5 Å².